The second-order valence-electron chi connectivity index (χ2n) is 6.22. The number of rotatable bonds is 6. The van der Waals surface area contributed by atoms with E-state index >= 15 is 0 Å². The Balaban J connectivity index is 2.09. The summed E-state index contributed by atoms with van der Waals surface area (Å²) in [5, 5.41) is 9.96. The van der Waals surface area contributed by atoms with E-state index in [9.17, 15) is 14.7 Å². The maximum atomic E-state index is 12.7. The lowest BCUT2D eigenvalue weighted by Crippen LogP contribution is -2.42. The number of likely N-dealkylation sites (tertiary alicyclic amines) is 1. The van der Waals surface area contributed by atoms with E-state index in [1.54, 1.807) is 6.92 Å². The lowest BCUT2D eigenvalue weighted by Gasteiger charge is -2.24. The first kappa shape index (κ1) is 16.6. The molecule has 1 N–H and O–H groups in total. The van der Waals surface area contributed by atoms with E-state index in [1.807, 2.05) is 44.2 Å². The number of carbonyl (C=O) groups excluding carboxylic acids is 2. The Bertz CT molecular complexity index is 543. The van der Waals surface area contributed by atoms with Gasteiger partial charge in [-0.3, -0.25) is 14.5 Å². The molecule has 22 heavy (non-hydrogen) atoms. The van der Waals surface area contributed by atoms with E-state index in [4.69, 9.17) is 4.74 Å². The number of aliphatic hydroxyl groups is 1. The number of amides is 2. The number of nitrogens with zero attached hydrogens (tertiary/aromatic N) is 1. The van der Waals surface area contributed by atoms with Crippen molar-refractivity contribution < 1.29 is 19.4 Å². The van der Waals surface area contributed by atoms with Gasteiger partial charge in [0.15, 0.2) is 0 Å². The third-order valence-electron chi connectivity index (χ3n) is 3.95. The van der Waals surface area contributed by atoms with Crippen LogP contribution in [0.2, 0.25) is 0 Å². The number of imide groups is 1. The van der Waals surface area contributed by atoms with E-state index in [0.717, 1.165) is 10.5 Å². The molecule has 1 aromatic rings. The zero-order chi connectivity index (χ0) is 16.3. The Hall–Kier alpha value is -1.72. The van der Waals surface area contributed by atoms with Gasteiger partial charge in [-0.15, -0.1) is 0 Å². The smallest absolute Gasteiger partial charge is 0.240 e. The first-order valence-corrected chi connectivity index (χ1v) is 7.54. The molecule has 0 saturated carbocycles. The molecule has 1 fully saturated rings. The molecule has 2 atom stereocenters. The van der Waals surface area contributed by atoms with Gasteiger partial charge in [-0.2, -0.15) is 0 Å². The Kier molecular flexibility index (Phi) is 4.98. The first-order valence-electron chi connectivity index (χ1n) is 7.54. The lowest BCUT2D eigenvalue weighted by atomic mass is 9.81. The van der Waals surface area contributed by atoms with Crippen LogP contribution in [0.25, 0.3) is 0 Å². The molecule has 2 rings (SSSR count). The Morgan fingerprint density at radius 2 is 1.91 bits per heavy atom. The number of hydrogen-bond donors (Lipinski definition) is 1. The van der Waals surface area contributed by atoms with E-state index < -0.39 is 11.5 Å². The topological polar surface area (TPSA) is 66.8 Å². The summed E-state index contributed by atoms with van der Waals surface area (Å²) in [6, 6.07) is 9.29. The summed E-state index contributed by atoms with van der Waals surface area (Å²) in [6.07, 6.45) is -0.740. The number of ether oxygens (including phenoxy) is 1. The summed E-state index contributed by atoms with van der Waals surface area (Å²) < 4.78 is 5.32. The lowest BCUT2D eigenvalue weighted by molar-refractivity contribution is -0.142. The largest absolute Gasteiger partial charge is 0.389 e. The molecule has 0 bridgehead atoms. The molecule has 5 heteroatoms. The summed E-state index contributed by atoms with van der Waals surface area (Å²) >= 11 is 0. The van der Waals surface area contributed by atoms with Gasteiger partial charge in [0.05, 0.1) is 30.8 Å². The van der Waals surface area contributed by atoms with Crippen molar-refractivity contribution in [3.05, 3.63) is 35.9 Å². The highest BCUT2D eigenvalue weighted by Crippen LogP contribution is 2.36. The summed E-state index contributed by atoms with van der Waals surface area (Å²) in [5.74, 6) is -0.507. The van der Waals surface area contributed by atoms with Gasteiger partial charge in [0, 0.05) is 6.42 Å². The molecule has 1 saturated heterocycles. The minimum atomic E-state index is -0.867. The Morgan fingerprint density at radius 1 is 1.27 bits per heavy atom. The van der Waals surface area contributed by atoms with Crippen LogP contribution in [0, 0.1) is 0 Å². The summed E-state index contributed by atoms with van der Waals surface area (Å²) in [7, 11) is 0. The van der Waals surface area contributed by atoms with Crippen molar-refractivity contribution in [1.29, 1.82) is 0 Å². The average molecular weight is 305 g/mol. The average Bonchev–Trinajstić information content (AvgIpc) is 2.70. The molecule has 1 aliphatic rings. The van der Waals surface area contributed by atoms with Crippen LogP contribution in [0.15, 0.2) is 30.3 Å². The third kappa shape index (κ3) is 3.36. The van der Waals surface area contributed by atoms with Gasteiger partial charge >= 0.3 is 0 Å². The maximum absolute atomic E-state index is 12.7. The van der Waals surface area contributed by atoms with Crippen molar-refractivity contribution in [2.24, 2.45) is 0 Å². The number of aliphatic hydroxyl groups excluding tert-OH is 1. The first-order chi connectivity index (χ1) is 10.3. The SMILES string of the molecule is CC(C)OC[C@H](O)CN1C(=O)C[C@](C)(c2ccccc2)C1=O. The minimum absolute atomic E-state index is 0.00536. The van der Waals surface area contributed by atoms with Gasteiger partial charge in [0.2, 0.25) is 11.8 Å². The van der Waals surface area contributed by atoms with Gasteiger partial charge in [-0.25, -0.2) is 0 Å². The van der Waals surface area contributed by atoms with Gasteiger partial charge in [0.25, 0.3) is 0 Å². The molecule has 1 aliphatic heterocycles. The molecule has 120 valence electrons. The van der Waals surface area contributed by atoms with Crippen LogP contribution in [0.4, 0.5) is 0 Å². The quantitative estimate of drug-likeness (QED) is 0.809. The van der Waals surface area contributed by atoms with Crippen LogP contribution in [-0.2, 0) is 19.7 Å². The fourth-order valence-corrected chi connectivity index (χ4v) is 2.67. The number of hydrogen-bond acceptors (Lipinski definition) is 4. The van der Waals surface area contributed by atoms with Crippen molar-refractivity contribution in [2.45, 2.75) is 44.8 Å². The highest BCUT2D eigenvalue weighted by molar-refractivity contribution is 6.08. The summed E-state index contributed by atoms with van der Waals surface area (Å²) in [6.45, 7) is 5.60. The van der Waals surface area contributed by atoms with Crippen LogP contribution in [0.3, 0.4) is 0 Å². The van der Waals surface area contributed by atoms with Crippen molar-refractivity contribution in [3.63, 3.8) is 0 Å². The van der Waals surface area contributed by atoms with Gasteiger partial charge in [0.1, 0.15) is 0 Å². The van der Waals surface area contributed by atoms with Gasteiger partial charge in [-0.05, 0) is 26.3 Å². The molecule has 0 radical (unpaired) electrons. The molecule has 0 spiro atoms. The molecule has 0 aliphatic carbocycles. The zero-order valence-corrected chi connectivity index (χ0v) is 13.3. The molecule has 0 unspecified atom stereocenters. The third-order valence-corrected chi connectivity index (χ3v) is 3.95. The maximum Gasteiger partial charge on any atom is 0.240 e. The number of carbonyl (C=O) groups is 2. The second-order valence-corrected chi connectivity index (χ2v) is 6.22. The second kappa shape index (κ2) is 6.58. The molecule has 0 aromatic heterocycles. The predicted octanol–water partition coefficient (Wildman–Crippen LogP) is 1.49. The Morgan fingerprint density at radius 3 is 2.50 bits per heavy atom. The van der Waals surface area contributed by atoms with Crippen LogP contribution >= 0.6 is 0 Å². The molecule has 1 aromatic carbocycles. The molecular weight excluding hydrogens is 282 g/mol. The van der Waals surface area contributed by atoms with E-state index in [-0.39, 0.29) is 37.5 Å². The number of β-amino-alcohol motifs (C(OH)–C–C–N with tert-alkyl or cyclic N) is 1. The summed E-state index contributed by atoms with van der Waals surface area (Å²) in [4.78, 5) is 26.0. The van der Waals surface area contributed by atoms with Crippen molar-refractivity contribution >= 4 is 11.8 Å². The number of benzene rings is 1. The minimum Gasteiger partial charge on any atom is -0.389 e. The molecule has 5 nitrogen and oxygen atoms in total. The van der Waals surface area contributed by atoms with Gasteiger partial charge < -0.3 is 9.84 Å². The van der Waals surface area contributed by atoms with E-state index in [2.05, 4.69) is 0 Å². The van der Waals surface area contributed by atoms with Crippen LogP contribution in [0.1, 0.15) is 32.8 Å². The molecule has 2 amide bonds. The van der Waals surface area contributed by atoms with Crippen LogP contribution < -0.4 is 0 Å². The van der Waals surface area contributed by atoms with Crippen molar-refractivity contribution in [3.8, 4) is 0 Å². The fraction of sp³-hybridized carbons (Fsp3) is 0.529. The van der Waals surface area contributed by atoms with Crippen LogP contribution in [-0.4, -0.2) is 47.2 Å². The predicted molar refractivity (Wildman–Crippen MR) is 82.2 cm³/mol. The van der Waals surface area contributed by atoms with Crippen molar-refractivity contribution in [2.75, 3.05) is 13.2 Å². The van der Waals surface area contributed by atoms with E-state index in [1.165, 1.54) is 0 Å². The summed E-state index contributed by atoms with van der Waals surface area (Å²) in [5.41, 5.74) is -0.0273. The standard InChI is InChI=1S/C17H23NO4/c1-12(2)22-11-14(19)10-18-15(20)9-17(3,16(18)21)13-7-5-4-6-8-13/h4-8,12,14,19H,9-11H2,1-3H3/t14-,17-/m1/s1. The fourth-order valence-electron chi connectivity index (χ4n) is 2.67. The monoisotopic (exact) mass is 305 g/mol. The zero-order valence-electron chi connectivity index (χ0n) is 13.3. The van der Waals surface area contributed by atoms with Gasteiger partial charge in [-0.1, -0.05) is 30.3 Å². The highest BCUT2D eigenvalue weighted by Gasteiger charge is 2.49. The Labute approximate surface area is 130 Å². The van der Waals surface area contributed by atoms with Crippen LogP contribution in [0.5, 0.6) is 0 Å². The highest BCUT2D eigenvalue weighted by atomic mass is 16.5. The molecular formula is C17H23NO4. The van der Waals surface area contributed by atoms with Crippen molar-refractivity contribution in [1.82, 2.24) is 4.90 Å². The normalized spacial score (nSPS) is 23.4. The molecule has 1 heterocycles. The van der Waals surface area contributed by atoms with E-state index in [0.29, 0.717) is 0 Å².